The molecule has 16 heavy (non-hydrogen) atoms. The molecule has 0 amide bonds. The Morgan fingerprint density at radius 1 is 1.31 bits per heavy atom. The van der Waals surface area contributed by atoms with Crippen LogP contribution in [0.25, 0.3) is 0 Å². The number of benzene rings is 1. The lowest BCUT2D eigenvalue weighted by atomic mass is 10.1. The standard InChI is InChI=1S/C12H12N2OS/c1-3-9-4-6-10(7-5-9)11(15)12-8(2)13-14-16-12/h4-7H,3H2,1-2H3. The smallest absolute Gasteiger partial charge is 0.206 e. The van der Waals surface area contributed by atoms with Crippen LogP contribution in [0.5, 0.6) is 0 Å². The lowest BCUT2D eigenvalue weighted by Crippen LogP contribution is -2.00. The summed E-state index contributed by atoms with van der Waals surface area (Å²) in [7, 11) is 0. The summed E-state index contributed by atoms with van der Waals surface area (Å²) in [5, 5.41) is 3.84. The second-order valence-electron chi connectivity index (χ2n) is 3.57. The molecule has 0 bridgehead atoms. The van der Waals surface area contributed by atoms with Crippen LogP contribution in [0.3, 0.4) is 0 Å². The maximum atomic E-state index is 12.1. The molecule has 82 valence electrons. The van der Waals surface area contributed by atoms with Crippen molar-refractivity contribution in [2.24, 2.45) is 0 Å². The van der Waals surface area contributed by atoms with Gasteiger partial charge in [0.2, 0.25) is 5.78 Å². The molecule has 1 aromatic carbocycles. The normalized spacial score (nSPS) is 10.4. The first-order valence-electron chi connectivity index (χ1n) is 5.15. The molecule has 0 aliphatic rings. The minimum Gasteiger partial charge on any atom is -0.288 e. The average molecular weight is 232 g/mol. The van der Waals surface area contributed by atoms with E-state index in [2.05, 4.69) is 16.5 Å². The number of rotatable bonds is 3. The second kappa shape index (κ2) is 4.53. The first-order valence-corrected chi connectivity index (χ1v) is 5.92. The molecule has 1 heterocycles. The Morgan fingerprint density at radius 2 is 2.00 bits per heavy atom. The van der Waals surface area contributed by atoms with Gasteiger partial charge in [0.05, 0.1) is 5.69 Å². The van der Waals surface area contributed by atoms with Crippen molar-refractivity contribution in [3.63, 3.8) is 0 Å². The first kappa shape index (κ1) is 11.0. The highest BCUT2D eigenvalue weighted by Gasteiger charge is 2.14. The van der Waals surface area contributed by atoms with Crippen LogP contribution in [-0.4, -0.2) is 15.4 Å². The fourth-order valence-corrected chi connectivity index (χ4v) is 2.08. The zero-order valence-electron chi connectivity index (χ0n) is 9.23. The Balaban J connectivity index is 2.31. The zero-order valence-corrected chi connectivity index (χ0v) is 10.0. The Bertz CT molecular complexity index is 502. The van der Waals surface area contributed by atoms with E-state index in [4.69, 9.17) is 0 Å². The molecule has 0 aliphatic carbocycles. The Labute approximate surface area is 98.3 Å². The molecule has 2 rings (SSSR count). The van der Waals surface area contributed by atoms with Gasteiger partial charge in [-0.2, -0.15) is 0 Å². The van der Waals surface area contributed by atoms with Gasteiger partial charge in [0.25, 0.3) is 0 Å². The molecule has 3 nitrogen and oxygen atoms in total. The van der Waals surface area contributed by atoms with Crippen LogP contribution in [-0.2, 0) is 6.42 Å². The van der Waals surface area contributed by atoms with Gasteiger partial charge in [-0.15, -0.1) is 5.10 Å². The summed E-state index contributed by atoms with van der Waals surface area (Å²) in [5.41, 5.74) is 2.64. The minimum absolute atomic E-state index is 0.00940. The van der Waals surface area contributed by atoms with Crippen LogP contribution in [0.2, 0.25) is 0 Å². The highest BCUT2D eigenvalue weighted by Crippen LogP contribution is 2.16. The van der Waals surface area contributed by atoms with Gasteiger partial charge in [-0.3, -0.25) is 4.79 Å². The fourth-order valence-electron chi connectivity index (χ4n) is 1.46. The molecule has 0 saturated carbocycles. The average Bonchev–Trinajstić information content (AvgIpc) is 2.75. The molecule has 4 heteroatoms. The molecule has 0 fully saturated rings. The summed E-state index contributed by atoms with van der Waals surface area (Å²) in [4.78, 5) is 12.7. The molecule has 1 aromatic heterocycles. The Hall–Kier alpha value is -1.55. The van der Waals surface area contributed by atoms with Crippen molar-refractivity contribution in [3.8, 4) is 0 Å². The molecule has 0 N–H and O–H groups in total. The molecule has 0 unspecified atom stereocenters. The van der Waals surface area contributed by atoms with E-state index in [0.29, 0.717) is 16.1 Å². The summed E-state index contributed by atoms with van der Waals surface area (Å²) in [5.74, 6) is 0.00940. The second-order valence-corrected chi connectivity index (χ2v) is 4.32. The predicted octanol–water partition coefficient (Wildman–Crippen LogP) is 2.64. The molecule has 2 aromatic rings. The topological polar surface area (TPSA) is 42.9 Å². The van der Waals surface area contributed by atoms with Crippen molar-refractivity contribution in [3.05, 3.63) is 46.0 Å². The number of aromatic nitrogens is 2. The van der Waals surface area contributed by atoms with E-state index in [0.717, 1.165) is 18.0 Å². The highest BCUT2D eigenvalue weighted by atomic mass is 32.1. The van der Waals surface area contributed by atoms with Crippen LogP contribution in [0.4, 0.5) is 0 Å². The largest absolute Gasteiger partial charge is 0.288 e. The summed E-state index contributed by atoms with van der Waals surface area (Å²) in [6, 6.07) is 7.69. The third-order valence-electron chi connectivity index (χ3n) is 2.48. The van der Waals surface area contributed by atoms with Crippen molar-refractivity contribution in [1.29, 1.82) is 0 Å². The van der Waals surface area contributed by atoms with Crippen molar-refractivity contribution in [2.75, 3.05) is 0 Å². The van der Waals surface area contributed by atoms with E-state index in [1.165, 1.54) is 5.56 Å². The molecular formula is C12H12N2OS. The highest BCUT2D eigenvalue weighted by molar-refractivity contribution is 7.08. The van der Waals surface area contributed by atoms with Gasteiger partial charge in [0.15, 0.2) is 0 Å². The van der Waals surface area contributed by atoms with Gasteiger partial charge in [0, 0.05) is 5.56 Å². The number of hydrogen-bond donors (Lipinski definition) is 0. The number of carbonyl (C=O) groups excluding carboxylic acids is 1. The van der Waals surface area contributed by atoms with E-state index in [9.17, 15) is 4.79 Å². The van der Waals surface area contributed by atoms with Gasteiger partial charge in [0.1, 0.15) is 4.88 Å². The van der Waals surface area contributed by atoms with Crippen LogP contribution in [0, 0.1) is 6.92 Å². The van der Waals surface area contributed by atoms with Crippen LogP contribution >= 0.6 is 11.5 Å². The number of hydrogen-bond acceptors (Lipinski definition) is 4. The third-order valence-corrected chi connectivity index (χ3v) is 3.31. The number of nitrogens with zero attached hydrogens (tertiary/aromatic N) is 2. The minimum atomic E-state index is 0.00940. The number of ketones is 1. The molecular weight excluding hydrogens is 220 g/mol. The van der Waals surface area contributed by atoms with E-state index < -0.39 is 0 Å². The monoisotopic (exact) mass is 232 g/mol. The quantitative estimate of drug-likeness (QED) is 0.764. The Morgan fingerprint density at radius 3 is 2.50 bits per heavy atom. The maximum Gasteiger partial charge on any atom is 0.206 e. The van der Waals surface area contributed by atoms with Crippen molar-refractivity contribution in [1.82, 2.24) is 9.59 Å². The lowest BCUT2D eigenvalue weighted by Gasteiger charge is -2.00. The van der Waals surface area contributed by atoms with Crippen molar-refractivity contribution in [2.45, 2.75) is 20.3 Å². The zero-order chi connectivity index (χ0) is 11.5. The third kappa shape index (κ3) is 2.02. The molecule has 0 spiro atoms. The lowest BCUT2D eigenvalue weighted by molar-refractivity contribution is 0.104. The summed E-state index contributed by atoms with van der Waals surface area (Å²) in [6.45, 7) is 3.89. The fraction of sp³-hybridized carbons (Fsp3) is 0.250. The number of carbonyl (C=O) groups is 1. The van der Waals surface area contributed by atoms with Gasteiger partial charge >= 0.3 is 0 Å². The maximum absolute atomic E-state index is 12.1. The molecule has 0 aliphatic heterocycles. The summed E-state index contributed by atoms with van der Waals surface area (Å²) >= 11 is 1.15. The van der Waals surface area contributed by atoms with Crippen molar-refractivity contribution < 1.29 is 4.79 Å². The molecule has 0 radical (unpaired) electrons. The summed E-state index contributed by atoms with van der Waals surface area (Å²) < 4.78 is 3.77. The van der Waals surface area contributed by atoms with Gasteiger partial charge in [-0.1, -0.05) is 35.7 Å². The van der Waals surface area contributed by atoms with E-state index in [-0.39, 0.29) is 5.78 Å². The van der Waals surface area contributed by atoms with Crippen molar-refractivity contribution >= 4 is 17.3 Å². The molecule has 0 atom stereocenters. The Kier molecular flexibility index (Phi) is 3.10. The van der Waals surface area contributed by atoms with Crippen LogP contribution in [0.1, 0.15) is 33.4 Å². The van der Waals surface area contributed by atoms with Crippen LogP contribution < -0.4 is 0 Å². The number of aryl methyl sites for hydroxylation is 2. The van der Waals surface area contributed by atoms with Crippen LogP contribution in [0.15, 0.2) is 24.3 Å². The summed E-state index contributed by atoms with van der Waals surface area (Å²) in [6.07, 6.45) is 0.982. The first-order chi connectivity index (χ1) is 7.72. The SMILES string of the molecule is CCc1ccc(C(=O)c2snnc2C)cc1. The predicted molar refractivity (Wildman–Crippen MR) is 63.9 cm³/mol. The van der Waals surface area contributed by atoms with Gasteiger partial charge in [-0.25, -0.2) is 0 Å². The van der Waals surface area contributed by atoms with Gasteiger partial charge < -0.3 is 0 Å². The van der Waals surface area contributed by atoms with Gasteiger partial charge in [-0.05, 0) is 30.4 Å². The van der Waals surface area contributed by atoms with E-state index in [1.807, 2.05) is 24.3 Å². The van der Waals surface area contributed by atoms with E-state index >= 15 is 0 Å². The molecule has 0 saturated heterocycles. The van der Waals surface area contributed by atoms with E-state index in [1.54, 1.807) is 6.92 Å².